The number of rotatable bonds is 17. The third-order valence-electron chi connectivity index (χ3n) is 6.78. The molecule has 0 atom stereocenters. The number of nitrogens with two attached hydrogens (primary N) is 1. The number of unbranched alkanes of at least 4 members (excludes halogenated alkanes) is 1. The molecule has 0 saturated carbocycles. The number of hydrogen-bond donors (Lipinski definition) is 5. The summed E-state index contributed by atoms with van der Waals surface area (Å²) in [5.41, 5.74) is 9.41. The first-order valence-electron chi connectivity index (χ1n) is 14.2. The van der Waals surface area contributed by atoms with Crippen LogP contribution < -0.4 is 14.8 Å². The zero-order chi connectivity index (χ0) is 32.6. The molecule has 14 nitrogen and oxygen atoms in total. The Labute approximate surface area is 264 Å². The number of aryl methyl sites for hydroxylation is 2. The van der Waals surface area contributed by atoms with E-state index in [4.69, 9.17) is 24.5 Å². The number of aromatic nitrogens is 3. The molecule has 0 bridgehead atoms. The Morgan fingerprint density at radius 1 is 0.978 bits per heavy atom. The van der Waals surface area contributed by atoms with Gasteiger partial charge < -0.3 is 24.1 Å². The number of benzene rings is 2. The lowest BCUT2D eigenvalue weighted by molar-refractivity contribution is 0.131. The molecule has 0 unspecified atom stereocenters. The Morgan fingerprint density at radius 3 is 2.44 bits per heavy atom. The largest absolute Gasteiger partial charge is 0.524 e. The van der Waals surface area contributed by atoms with Crippen molar-refractivity contribution in [1.29, 1.82) is 0 Å². The van der Waals surface area contributed by atoms with Gasteiger partial charge in [0.15, 0.2) is 5.82 Å². The fraction of sp³-hybridized carbons (Fsp3) is 0.393. The molecule has 2 heterocycles. The number of phosphoric acid groups is 2. The van der Waals surface area contributed by atoms with Crippen LogP contribution >= 0.6 is 27.9 Å². The van der Waals surface area contributed by atoms with Crippen LogP contribution in [0.25, 0.3) is 21.9 Å². The normalized spacial score (nSPS) is 12.0. The fourth-order valence-electron chi connectivity index (χ4n) is 4.89. The van der Waals surface area contributed by atoms with E-state index in [9.17, 15) is 28.7 Å². The zero-order valence-electron chi connectivity index (χ0n) is 24.5. The fourth-order valence-corrected chi connectivity index (χ4v) is 5.80. The van der Waals surface area contributed by atoms with Crippen LogP contribution in [0, 0.1) is 0 Å². The summed E-state index contributed by atoms with van der Waals surface area (Å²) in [6.07, 6.45) is 4.58. The van der Waals surface area contributed by atoms with Gasteiger partial charge in [0.1, 0.15) is 22.8 Å². The van der Waals surface area contributed by atoms with Crippen LogP contribution in [-0.2, 0) is 33.3 Å². The summed E-state index contributed by atoms with van der Waals surface area (Å²) in [5.74, 6) is 0.471. The minimum absolute atomic E-state index is 0.0311. The van der Waals surface area contributed by atoms with Crippen LogP contribution in [0.5, 0.6) is 11.5 Å². The van der Waals surface area contributed by atoms with E-state index in [1.54, 1.807) is 0 Å². The maximum atomic E-state index is 11.8. The number of nitrogen functional groups attached to an aromatic ring is 1. The van der Waals surface area contributed by atoms with Crippen LogP contribution in [0.15, 0.2) is 41.4 Å². The molecule has 2 aromatic heterocycles. The number of fused-ring (bicyclic) bond motifs is 3. The van der Waals surface area contributed by atoms with Gasteiger partial charge in [-0.15, -0.1) is 0 Å². The minimum atomic E-state index is -4.98. The molecule has 0 aliphatic heterocycles. The molecule has 4 aromatic rings. The molecule has 0 aliphatic carbocycles. The molecular formula is C28H35N5O9P2S. The third kappa shape index (κ3) is 9.88. The molecule has 6 N–H and O–H groups in total. The Morgan fingerprint density at radius 2 is 1.73 bits per heavy atom. The van der Waals surface area contributed by atoms with Crippen molar-refractivity contribution in [3.05, 3.63) is 53.3 Å². The summed E-state index contributed by atoms with van der Waals surface area (Å²) in [7, 11) is -9.90. The van der Waals surface area contributed by atoms with Crippen molar-refractivity contribution in [3.8, 4) is 11.5 Å². The molecule has 0 fully saturated rings. The quantitative estimate of drug-likeness (QED) is 0.0434. The van der Waals surface area contributed by atoms with Crippen molar-refractivity contribution in [3.63, 3.8) is 0 Å². The number of isothiocyanates is 1. The smallest absolute Gasteiger partial charge is 0.404 e. The van der Waals surface area contributed by atoms with E-state index >= 15 is 0 Å². The Balaban J connectivity index is 1.72. The Bertz CT molecular complexity index is 1800. The summed E-state index contributed by atoms with van der Waals surface area (Å²) in [5, 5.41) is 3.09. The van der Waals surface area contributed by atoms with Crippen molar-refractivity contribution in [2.45, 2.75) is 52.0 Å². The highest BCUT2D eigenvalue weighted by Crippen LogP contribution is 2.43. The second-order valence-corrected chi connectivity index (χ2v) is 12.7. The van der Waals surface area contributed by atoms with Gasteiger partial charge in [0.05, 0.1) is 29.3 Å². The van der Waals surface area contributed by atoms with Gasteiger partial charge in [-0.2, -0.15) is 0 Å². The van der Waals surface area contributed by atoms with Crippen molar-refractivity contribution < 1.29 is 42.5 Å². The summed E-state index contributed by atoms with van der Waals surface area (Å²) in [6.45, 7) is 3.78. The van der Waals surface area contributed by atoms with Crippen molar-refractivity contribution >= 4 is 60.8 Å². The third-order valence-corrected chi connectivity index (χ3v) is 7.79. The minimum Gasteiger partial charge on any atom is -0.404 e. The maximum Gasteiger partial charge on any atom is 0.524 e. The number of hydrogen-bond acceptors (Lipinski definition) is 10. The van der Waals surface area contributed by atoms with Gasteiger partial charge in [0.25, 0.3) is 0 Å². The lowest BCUT2D eigenvalue weighted by Crippen LogP contribution is -2.08. The second-order valence-electron chi connectivity index (χ2n) is 10.2. The van der Waals surface area contributed by atoms with Gasteiger partial charge in [-0.25, -0.2) is 24.1 Å². The standard InChI is InChI=1S/C28H35N5O9P2S/c1-2-3-7-25-32-26-27(33(25)17-20-16-21(41-43(34,35)36)9-11-24(20)42-44(37,38)39)22-10-8-19(15-23(22)31-28(26)29)6-4-13-40-14-5-12-30-18-45/h8-11,15-16H,2-7,12-14,17H2,1H3,(H2,29,31)(H2,34,35,36)(H2,37,38,39). The van der Waals surface area contributed by atoms with Crippen LogP contribution in [0.1, 0.15) is 49.6 Å². The molecule has 45 heavy (non-hydrogen) atoms. The topological polar surface area (TPSA) is 212 Å². The molecule has 0 aliphatic rings. The first-order chi connectivity index (χ1) is 21.4. The molecule has 0 amide bonds. The number of imidazole rings is 1. The summed E-state index contributed by atoms with van der Waals surface area (Å²) in [4.78, 5) is 51.0. The molecule has 4 rings (SSSR count). The van der Waals surface area contributed by atoms with Crippen molar-refractivity contribution in [2.24, 2.45) is 4.99 Å². The van der Waals surface area contributed by atoms with Gasteiger partial charge >= 0.3 is 15.6 Å². The number of aliphatic imine (C=N–C) groups is 1. The molecule has 0 saturated heterocycles. The number of pyridine rings is 1. The highest BCUT2D eigenvalue weighted by molar-refractivity contribution is 7.78. The zero-order valence-corrected chi connectivity index (χ0v) is 27.1. The number of ether oxygens (including phenoxy) is 1. The number of nitrogens with zero attached hydrogens (tertiary/aromatic N) is 4. The highest BCUT2D eigenvalue weighted by Gasteiger charge is 2.24. The van der Waals surface area contributed by atoms with Gasteiger partial charge in [0.2, 0.25) is 0 Å². The second kappa shape index (κ2) is 15.4. The maximum absolute atomic E-state index is 11.8. The Kier molecular flexibility index (Phi) is 11.8. The molecule has 0 spiro atoms. The molecule has 0 radical (unpaired) electrons. The van der Waals surface area contributed by atoms with E-state index in [-0.39, 0.29) is 29.4 Å². The van der Waals surface area contributed by atoms with E-state index in [0.29, 0.717) is 48.6 Å². The van der Waals surface area contributed by atoms with Crippen molar-refractivity contribution in [2.75, 3.05) is 25.5 Å². The van der Waals surface area contributed by atoms with Gasteiger partial charge in [-0.3, -0.25) is 19.6 Å². The summed E-state index contributed by atoms with van der Waals surface area (Å²) >= 11 is 4.56. The van der Waals surface area contributed by atoms with E-state index in [2.05, 4.69) is 27.4 Å². The van der Waals surface area contributed by atoms with Gasteiger partial charge in [-0.05, 0) is 67.7 Å². The van der Waals surface area contributed by atoms with Gasteiger partial charge in [-0.1, -0.05) is 25.5 Å². The van der Waals surface area contributed by atoms with Gasteiger partial charge in [0, 0.05) is 30.6 Å². The van der Waals surface area contributed by atoms with Crippen LogP contribution in [0.3, 0.4) is 0 Å². The molecular weight excluding hydrogens is 644 g/mol. The van der Waals surface area contributed by atoms with Crippen LogP contribution in [-0.4, -0.2) is 59.0 Å². The number of anilines is 1. The average molecular weight is 680 g/mol. The predicted molar refractivity (Wildman–Crippen MR) is 173 cm³/mol. The Hall–Kier alpha value is -3.22. The molecule has 17 heteroatoms. The highest BCUT2D eigenvalue weighted by atomic mass is 32.1. The number of phosphoric ester groups is 2. The van der Waals surface area contributed by atoms with E-state index in [1.807, 2.05) is 29.7 Å². The van der Waals surface area contributed by atoms with Crippen LogP contribution in [0.2, 0.25) is 0 Å². The molecule has 242 valence electrons. The predicted octanol–water partition coefficient (Wildman–Crippen LogP) is 4.94. The monoisotopic (exact) mass is 679 g/mol. The van der Waals surface area contributed by atoms with E-state index in [0.717, 1.165) is 49.1 Å². The van der Waals surface area contributed by atoms with Crippen LogP contribution in [0.4, 0.5) is 5.82 Å². The summed E-state index contributed by atoms with van der Waals surface area (Å²) < 4.78 is 40.5. The van der Waals surface area contributed by atoms with E-state index < -0.39 is 15.6 Å². The van der Waals surface area contributed by atoms with E-state index in [1.165, 1.54) is 12.1 Å². The SMILES string of the molecule is CCCCc1nc2c(N)nc3cc(CCCOCCCN=C=S)ccc3c2n1Cc1cc(OP(=O)(O)O)ccc1OP(=O)(O)O. The average Bonchev–Trinajstić information content (AvgIpc) is 3.32. The lowest BCUT2D eigenvalue weighted by Gasteiger charge is -2.17. The first-order valence-corrected chi connectivity index (χ1v) is 17.7. The first kappa shape index (κ1) is 34.6. The molecule has 2 aromatic carbocycles. The summed E-state index contributed by atoms with van der Waals surface area (Å²) in [6, 6.07) is 9.48. The lowest BCUT2D eigenvalue weighted by atomic mass is 10.1. The van der Waals surface area contributed by atoms with Crippen molar-refractivity contribution in [1.82, 2.24) is 14.5 Å². The number of thiocarbonyl (C=S) groups is 1.